The lowest BCUT2D eigenvalue weighted by Crippen LogP contribution is -2.23. The third-order valence-corrected chi connectivity index (χ3v) is 6.02. The molecule has 0 radical (unpaired) electrons. The summed E-state index contributed by atoms with van der Waals surface area (Å²) in [6, 6.07) is 21.1. The maximum Gasteiger partial charge on any atom is 0.251 e. The van der Waals surface area contributed by atoms with Crippen molar-refractivity contribution in [1.82, 2.24) is 10.0 Å². The summed E-state index contributed by atoms with van der Waals surface area (Å²) in [7, 11) is -2.01. The Morgan fingerprint density at radius 1 is 0.900 bits per heavy atom. The number of aryl methyl sites for hydroxylation is 1. The Labute approximate surface area is 177 Å². The molecule has 0 heterocycles. The molecule has 0 aliphatic rings. The number of ether oxygens (including phenoxy) is 1. The Bertz CT molecular complexity index is 1110. The van der Waals surface area contributed by atoms with Gasteiger partial charge in [-0.1, -0.05) is 48.0 Å². The smallest absolute Gasteiger partial charge is 0.251 e. The summed E-state index contributed by atoms with van der Waals surface area (Å²) in [6.07, 6.45) is 0. The highest BCUT2D eigenvalue weighted by Crippen LogP contribution is 2.13. The summed E-state index contributed by atoms with van der Waals surface area (Å²) < 4.78 is 32.5. The molecule has 0 aliphatic heterocycles. The minimum atomic E-state index is -3.56. The average molecular weight is 425 g/mol. The van der Waals surface area contributed by atoms with Gasteiger partial charge < -0.3 is 10.1 Å². The van der Waals surface area contributed by atoms with Gasteiger partial charge in [0.05, 0.1) is 12.0 Å². The zero-order valence-corrected chi connectivity index (χ0v) is 17.7. The fraction of sp³-hybridized carbons (Fsp3) is 0.174. The summed E-state index contributed by atoms with van der Waals surface area (Å²) in [4.78, 5) is 12.5. The highest BCUT2D eigenvalue weighted by Gasteiger charge is 2.13. The molecular formula is C23H24N2O4S. The minimum Gasteiger partial charge on any atom is -0.497 e. The summed E-state index contributed by atoms with van der Waals surface area (Å²) >= 11 is 0. The molecule has 1 amide bonds. The molecular weight excluding hydrogens is 400 g/mol. The number of benzene rings is 3. The van der Waals surface area contributed by atoms with E-state index in [0.717, 1.165) is 16.7 Å². The van der Waals surface area contributed by atoms with Crippen molar-refractivity contribution in [3.8, 4) is 5.75 Å². The Morgan fingerprint density at radius 3 is 2.17 bits per heavy atom. The fourth-order valence-electron chi connectivity index (χ4n) is 2.80. The molecule has 0 aromatic heterocycles. The highest BCUT2D eigenvalue weighted by atomic mass is 32.2. The third-order valence-electron chi connectivity index (χ3n) is 4.61. The molecule has 0 unspecified atom stereocenters. The second-order valence-electron chi connectivity index (χ2n) is 6.87. The summed E-state index contributed by atoms with van der Waals surface area (Å²) in [5.74, 6) is 0.434. The van der Waals surface area contributed by atoms with E-state index in [1.807, 2.05) is 31.2 Å². The van der Waals surface area contributed by atoms with Gasteiger partial charge in [-0.05, 0) is 48.4 Å². The molecule has 0 spiro atoms. The van der Waals surface area contributed by atoms with Gasteiger partial charge in [0.1, 0.15) is 5.75 Å². The molecule has 0 saturated carbocycles. The van der Waals surface area contributed by atoms with Gasteiger partial charge in [-0.2, -0.15) is 0 Å². The zero-order chi connectivity index (χ0) is 21.6. The number of sulfonamides is 1. The number of amides is 1. The molecule has 6 nitrogen and oxygen atoms in total. The largest absolute Gasteiger partial charge is 0.497 e. The standard InChI is InChI=1S/C23H24N2O4S/c1-17-6-12-22(13-7-17)30(27,28)25-16-19-10-8-18(9-11-19)15-24-23(26)20-4-3-5-21(14-20)29-2/h3-14,25H,15-16H2,1-2H3,(H,24,26). The Morgan fingerprint density at radius 2 is 1.53 bits per heavy atom. The van der Waals surface area contributed by atoms with E-state index in [1.165, 1.54) is 0 Å². The number of methoxy groups -OCH3 is 1. The first-order valence-electron chi connectivity index (χ1n) is 9.44. The molecule has 7 heteroatoms. The van der Waals surface area contributed by atoms with E-state index in [9.17, 15) is 13.2 Å². The molecule has 3 aromatic rings. The van der Waals surface area contributed by atoms with Crippen molar-refractivity contribution in [1.29, 1.82) is 0 Å². The van der Waals surface area contributed by atoms with E-state index in [2.05, 4.69) is 10.0 Å². The predicted molar refractivity (Wildman–Crippen MR) is 116 cm³/mol. The van der Waals surface area contributed by atoms with Gasteiger partial charge in [-0.15, -0.1) is 0 Å². The third kappa shape index (κ3) is 5.68. The lowest BCUT2D eigenvalue weighted by Gasteiger charge is -2.09. The SMILES string of the molecule is COc1cccc(C(=O)NCc2ccc(CNS(=O)(=O)c3ccc(C)cc3)cc2)c1. The Hall–Kier alpha value is -3.16. The molecule has 2 N–H and O–H groups in total. The first-order valence-corrected chi connectivity index (χ1v) is 10.9. The molecule has 156 valence electrons. The van der Waals surface area contributed by atoms with E-state index in [0.29, 0.717) is 17.9 Å². The second-order valence-corrected chi connectivity index (χ2v) is 8.64. The van der Waals surface area contributed by atoms with Crippen LogP contribution < -0.4 is 14.8 Å². The number of nitrogens with one attached hydrogen (secondary N) is 2. The van der Waals surface area contributed by atoms with E-state index >= 15 is 0 Å². The Kier molecular flexibility index (Phi) is 6.87. The minimum absolute atomic E-state index is 0.187. The van der Waals surface area contributed by atoms with Crippen molar-refractivity contribution in [2.24, 2.45) is 0 Å². The van der Waals surface area contributed by atoms with Gasteiger partial charge in [-0.3, -0.25) is 4.79 Å². The van der Waals surface area contributed by atoms with Crippen LogP contribution in [-0.4, -0.2) is 21.4 Å². The number of carbonyl (C=O) groups is 1. The monoisotopic (exact) mass is 424 g/mol. The van der Waals surface area contributed by atoms with Gasteiger partial charge in [0.25, 0.3) is 5.91 Å². The lowest BCUT2D eigenvalue weighted by atomic mass is 10.1. The summed E-state index contributed by atoms with van der Waals surface area (Å²) in [6.45, 7) is 2.46. The van der Waals surface area contributed by atoms with Gasteiger partial charge >= 0.3 is 0 Å². The first kappa shape index (κ1) is 21.5. The van der Waals surface area contributed by atoms with Crippen molar-refractivity contribution in [2.75, 3.05) is 7.11 Å². The maximum absolute atomic E-state index is 12.4. The number of hydrogen-bond donors (Lipinski definition) is 2. The van der Waals surface area contributed by atoms with Crippen molar-refractivity contribution in [3.63, 3.8) is 0 Å². The Balaban J connectivity index is 1.54. The fourth-order valence-corrected chi connectivity index (χ4v) is 3.82. The van der Waals surface area contributed by atoms with Crippen molar-refractivity contribution >= 4 is 15.9 Å². The van der Waals surface area contributed by atoms with Crippen LogP contribution in [0.2, 0.25) is 0 Å². The summed E-state index contributed by atoms with van der Waals surface area (Å²) in [5, 5.41) is 2.86. The zero-order valence-electron chi connectivity index (χ0n) is 16.9. The normalized spacial score (nSPS) is 11.1. The van der Waals surface area contributed by atoms with Crippen LogP contribution in [0.1, 0.15) is 27.0 Å². The molecule has 0 atom stereocenters. The van der Waals surface area contributed by atoms with E-state index < -0.39 is 10.0 Å². The molecule has 0 bridgehead atoms. The maximum atomic E-state index is 12.4. The van der Waals surface area contributed by atoms with E-state index in [4.69, 9.17) is 4.74 Å². The lowest BCUT2D eigenvalue weighted by molar-refractivity contribution is 0.0950. The predicted octanol–water partition coefficient (Wildman–Crippen LogP) is 3.41. The number of carbonyl (C=O) groups excluding carboxylic acids is 1. The van der Waals surface area contributed by atoms with Crippen LogP contribution >= 0.6 is 0 Å². The van der Waals surface area contributed by atoms with Crippen molar-refractivity contribution in [3.05, 3.63) is 95.1 Å². The van der Waals surface area contributed by atoms with Gasteiger partial charge in [-0.25, -0.2) is 13.1 Å². The van der Waals surface area contributed by atoms with Gasteiger partial charge in [0.15, 0.2) is 0 Å². The highest BCUT2D eigenvalue weighted by molar-refractivity contribution is 7.89. The van der Waals surface area contributed by atoms with Gasteiger partial charge in [0, 0.05) is 18.7 Å². The van der Waals surface area contributed by atoms with Crippen molar-refractivity contribution < 1.29 is 17.9 Å². The topological polar surface area (TPSA) is 84.5 Å². The van der Waals surface area contributed by atoms with Crippen LogP contribution in [-0.2, 0) is 23.1 Å². The number of rotatable bonds is 8. The van der Waals surface area contributed by atoms with Crippen LogP contribution in [0, 0.1) is 6.92 Å². The van der Waals surface area contributed by atoms with Crippen LogP contribution in [0.5, 0.6) is 5.75 Å². The quantitative estimate of drug-likeness (QED) is 0.580. The first-order chi connectivity index (χ1) is 14.4. The average Bonchev–Trinajstić information content (AvgIpc) is 2.77. The van der Waals surface area contributed by atoms with E-state index in [-0.39, 0.29) is 17.3 Å². The molecule has 0 fully saturated rings. The van der Waals surface area contributed by atoms with E-state index in [1.54, 1.807) is 55.6 Å². The van der Waals surface area contributed by atoms with Gasteiger partial charge in [0.2, 0.25) is 10.0 Å². The molecule has 3 aromatic carbocycles. The molecule has 0 aliphatic carbocycles. The van der Waals surface area contributed by atoms with Crippen LogP contribution in [0.15, 0.2) is 77.7 Å². The molecule has 3 rings (SSSR count). The van der Waals surface area contributed by atoms with Crippen LogP contribution in [0.3, 0.4) is 0 Å². The van der Waals surface area contributed by atoms with Crippen molar-refractivity contribution in [2.45, 2.75) is 24.9 Å². The van der Waals surface area contributed by atoms with Crippen LogP contribution in [0.4, 0.5) is 0 Å². The molecule has 30 heavy (non-hydrogen) atoms. The molecule has 0 saturated heterocycles. The second kappa shape index (κ2) is 9.56. The number of hydrogen-bond acceptors (Lipinski definition) is 4. The van der Waals surface area contributed by atoms with Crippen LogP contribution in [0.25, 0.3) is 0 Å². The summed E-state index contributed by atoms with van der Waals surface area (Å²) in [5.41, 5.74) is 3.27.